The van der Waals surface area contributed by atoms with E-state index in [1.807, 2.05) is 72.8 Å². The van der Waals surface area contributed by atoms with Crippen LogP contribution >= 0.6 is 0 Å². The zero-order chi connectivity index (χ0) is 26.9. The molecule has 0 saturated carbocycles. The summed E-state index contributed by atoms with van der Waals surface area (Å²) >= 11 is 0. The van der Waals surface area contributed by atoms with Gasteiger partial charge in [-0.3, -0.25) is 9.98 Å². The Morgan fingerprint density at radius 2 is 1.08 bits per heavy atom. The van der Waals surface area contributed by atoms with Crippen LogP contribution < -0.4 is 9.47 Å². The molecule has 0 unspecified atom stereocenters. The van der Waals surface area contributed by atoms with Crippen molar-refractivity contribution in [1.82, 2.24) is 0 Å². The maximum absolute atomic E-state index is 10.9. The number of aromatic hydroxyl groups is 2. The second-order valence-electron chi connectivity index (χ2n) is 8.67. The molecule has 0 spiro atoms. The van der Waals surface area contributed by atoms with E-state index in [2.05, 4.69) is 16.6 Å². The molecule has 2 N–H and O–H groups in total. The summed E-state index contributed by atoms with van der Waals surface area (Å²) in [4.78, 5) is 8.96. The van der Waals surface area contributed by atoms with Crippen LogP contribution in [0.4, 0.5) is 11.4 Å². The van der Waals surface area contributed by atoms with Crippen molar-refractivity contribution in [1.29, 1.82) is 0 Å². The van der Waals surface area contributed by atoms with Gasteiger partial charge in [0, 0.05) is 23.6 Å². The molecule has 0 saturated heterocycles. The van der Waals surface area contributed by atoms with Crippen LogP contribution in [0, 0.1) is 0 Å². The van der Waals surface area contributed by atoms with E-state index in [0.29, 0.717) is 46.8 Å². The molecule has 0 heterocycles. The number of para-hydroxylation sites is 6. The van der Waals surface area contributed by atoms with Crippen LogP contribution in [0.15, 0.2) is 107 Å². The van der Waals surface area contributed by atoms with Gasteiger partial charge in [0.2, 0.25) is 0 Å². The fraction of sp³-hybridized carbons (Fsp3) is 0.125. The number of nitrogens with zero attached hydrogens (tertiary/aromatic N) is 2. The fourth-order valence-electron chi connectivity index (χ4n) is 4.07. The minimum atomic E-state index is 0.147. The lowest BCUT2D eigenvalue weighted by Gasteiger charge is -2.12. The average Bonchev–Trinajstić information content (AvgIpc) is 2.94. The van der Waals surface area contributed by atoms with Crippen molar-refractivity contribution in [3.63, 3.8) is 0 Å². The highest BCUT2D eigenvalue weighted by molar-refractivity contribution is 5.87. The first-order valence-electron chi connectivity index (χ1n) is 12.1. The maximum Gasteiger partial charge on any atom is 0.144 e. The lowest BCUT2D eigenvalue weighted by molar-refractivity contribution is 0.416. The number of aliphatic imine (C=N–C) groups is 2. The first-order chi connectivity index (χ1) is 18.5. The Bertz CT molecular complexity index is 1380. The normalized spacial score (nSPS) is 11.2. The number of methoxy groups -OCH3 is 2. The summed E-state index contributed by atoms with van der Waals surface area (Å²) in [5.74, 6) is 1.61. The van der Waals surface area contributed by atoms with Crippen molar-refractivity contribution in [2.45, 2.75) is 12.8 Å². The molecule has 6 nitrogen and oxygen atoms in total. The van der Waals surface area contributed by atoms with E-state index < -0.39 is 0 Å². The third-order valence-corrected chi connectivity index (χ3v) is 6.04. The van der Waals surface area contributed by atoms with Gasteiger partial charge in [-0.15, -0.1) is 0 Å². The van der Waals surface area contributed by atoms with E-state index in [1.165, 1.54) is 0 Å². The van der Waals surface area contributed by atoms with Gasteiger partial charge in [0.25, 0.3) is 0 Å². The molecule has 0 atom stereocenters. The molecule has 192 valence electrons. The molecule has 0 radical (unpaired) electrons. The van der Waals surface area contributed by atoms with E-state index in [-0.39, 0.29) is 11.5 Å². The summed E-state index contributed by atoms with van der Waals surface area (Å²) in [6, 6.07) is 25.9. The minimum absolute atomic E-state index is 0.147. The van der Waals surface area contributed by atoms with Gasteiger partial charge in [0.05, 0.1) is 14.2 Å². The van der Waals surface area contributed by atoms with Gasteiger partial charge in [-0.25, -0.2) is 0 Å². The summed E-state index contributed by atoms with van der Waals surface area (Å²) in [5.41, 5.74) is 4.84. The Labute approximate surface area is 222 Å². The largest absolute Gasteiger partial charge is 0.507 e. The predicted molar refractivity (Wildman–Crippen MR) is 153 cm³/mol. The summed E-state index contributed by atoms with van der Waals surface area (Å²) < 4.78 is 10.7. The number of benzene rings is 4. The molecule has 4 aromatic carbocycles. The molecular formula is C32H30N2O4. The average molecular weight is 507 g/mol. The van der Waals surface area contributed by atoms with Gasteiger partial charge in [-0.2, -0.15) is 0 Å². The summed E-state index contributed by atoms with van der Waals surface area (Å²) in [6.45, 7) is 4.20. The third-order valence-electron chi connectivity index (χ3n) is 6.04. The molecular weight excluding hydrogens is 476 g/mol. The molecule has 0 fully saturated rings. The molecule has 0 aromatic heterocycles. The van der Waals surface area contributed by atoms with Crippen LogP contribution in [-0.4, -0.2) is 36.9 Å². The molecule has 0 aliphatic heterocycles. The predicted octanol–water partition coefficient (Wildman–Crippen LogP) is 6.96. The van der Waals surface area contributed by atoms with Gasteiger partial charge in [-0.1, -0.05) is 60.7 Å². The Hall–Kier alpha value is -4.84. The fourth-order valence-corrected chi connectivity index (χ4v) is 4.07. The Kier molecular flexibility index (Phi) is 8.57. The van der Waals surface area contributed by atoms with Gasteiger partial charge in [-0.05, 0) is 60.4 Å². The highest BCUT2D eigenvalue weighted by atomic mass is 16.5. The molecule has 0 amide bonds. The summed E-state index contributed by atoms with van der Waals surface area (Å²) in [7, 11) is 3.19. The van der Waals surface area contributed by atoms with Crippen molar-refractivity contribution >= 4 is 23.8 Å². The van der Waals surface area contributed by atoms with E-state index in [9.17, 15) is 10.2 Å². The lowest BCUT2D eigenvalue weighted by Crippen LogP contribution is -1.98. The molecule has 0 aliphatic carbocycles. The highest BCUT2D eigenvalue weighted by Gasteiger charge is 2.11. The van der Waals surface area contributed by atoms with E-state index in [4.69, 9.17) is 9.47 Å². The zero-order valence-corrected chi connectivity index (χ0v) is 21.5. The van der Waals surface area contributed by atoms with Crippen molar-refractivity contribution in [3.05, 3.63) is 119 Å². The van der Waals surface area contributed by atoms with E-state index in [0.717, 1.165) is 16.7 Å². The molecule has 4 rings (SSSR count). The number of phenols is 2. The van der Waals surface area contributed by atoms with Crippen LogP contribution in [0.1, 0.15) is 22.3 Å². The zero-order valence-electron chi connectivity index (χ0n) is 21.5. The molecule has 6 heteroatoms. The number of ether oxygens (including phenoxy) is 2. The van der Waals surface area contributed by atoms with Crippen LogP contribution in [0.2, 0.25) is 0 Å². The van der Waals surface area contributed by atoms with E-state index >= 15 is 0 Å². The van der Waals surface area contributed by atoms with Gasteiger partial charge in [0.15, 0.2) is 0 Å². The van der Waals surface area contributed by atoms with Crippen LogP contribution in [0.3, 0.4) is 0 Å². The van der Waals surface area contributed by atoms with Crippen molar-refractivity contribution in [2.75, 3.05) is 14.2 Å². The van der Waals surface area contributed by atoms with Gasteiger partial charge in [0.1, 0.15) is 34.4 Å². The Balaban J connectivity index is 1.48. The first kappa shape index (κ1) is 26.2. The Morgan fingerprint density at radius 3 is 1.50 bits per heavy atom. The van der Waals surface area contributed by atoms with Crippen molar-refractivity contribution in [3.8, 4) is 23.0 Å². The molecule has 0 bridgehead atoms. The SMILES string of the molecule is C=C(Cc1cccc(C=Nc2ccccc2OC)c1O)Cc1cccc(C=Nc2ccccc2OC)c1O. The van der Waals surface area contributed by atoms with E-state index in [1.54, 1.807) is 38.8 Å². The quantitative estimate of drug-likeness (QED) is 0.180. The first-order valence-corrected chi connectivity index (χ1v) is 12.1. The van der Waals surface area contributed by atoms with Crippen molar-refractivity contribution < 1.29 is 19.7 Å². The molecule has 0 aliphatic rings. The molecule has 38 heavy (non-hydrogen) atoms. The lowest BCUT2D eigenvalue weighted by atomic mass is 9.96. The molecule has 4 aromatic rings. The third kappa shape index (κ3) is 6.28. The van der Waals surface area contributed by atoms with Gasteiger partial charge < -0.3 is 19.7 Å². The summed E-state index contributed by atoms with van der Waals surface area (Å²) in [6.07, 6.45) is 4.13. The monoisotopic (exact) mass is 506 g/mol. The second-order valence-corrected chi connectivity index (χ2v) is 8.67. The van der Waals surface area contributed by atoms with Gasteiger partial charge >= 0.3 is 0 Å². The topological polar surface area (TPSA) is 83.6 Å². The number of rotatable bonds is 10. The number of allylic oxidation sites excluding steroid dienone is 1. The van der Waals surface area contributed by atoms with Crippen LogP contribution in [0.5, 0.6) is 23.0 Å². The number of hydrogen-bond acceptors (Lipinski definition) is 6. The number of hydrogen-bond donors (Lipinski definition) is 2. The maximum atomic E-state index is 10.9. The minimum Gasteiger partial charge on any atom is -0.507 e. The smallest absolute Gasteiger partial charge is 0.144 e. The Morgan fingerprint density at radius 1 is 0.658 bits per heavy atom. The number of phenolic OH excluding ortho intramolecular Hbond substituents is 2. The van der Waals surface area contributed by atoms with Crippen LogP contribution in [0.25, 0.3) is 0 Å². The standard InChI is InChI=1S/C32H30N2O4/c1-22(18-23-10-8-12-25(31(23)35)20-33-27-14-4-6-16-29(27)37-2)19-24-11-9-13-26(32(24)36)21-34-28-15-5-7-17-30(28)38-3/h4-17,20-21,35-36H,1,18-19H2,2-3H3. The second kappa shape index (κ2) is 12.4. The highest BCUT2D eigenvalue weighted by Crippen LogP contribution is 2.31. The van der Waals surface area contributed by atoms with Crippen LogP contribution in [-0.2, 0) is 12.8 Å². The van der Waals surface area contributed by atoms with Crippen molar-refractivity contribution in [2.24, 2.45) is 9.98 Å². The summed E-state index contributed by atoms with van der Waals surface area (Å²) in [5, 5.41) is 21.8.